The zero-order chi connectivity index (χ0) is 10.7. The molecule has 1 aliphatic heterocycles. The fraction of sp³-hybridized carbons (Fsp3) is 0.727. The summed E-state index contributed by atoms with van der Waals surface area (Å²) < 4.78 is 2.30. The summed E-state index contributed by atoms with van der Waals surface area (Å²) in [5, 5.41) is 7.85. The van der Waals surface area contributed by atoms with Crippen LogP contribution in [0.25, 0.3) is 0 Å². The van der Waals surface area contributed by atoms with Crippen molar-refractivity contribution in [2.75, 3.05) is 12.3 Å². The van der Waals surface area contributed by atoms with Gasteiger partial charge in [0.2, 0.25) is 0 Å². The molecule has 84 valence electrons. The predicted octanol–water partition coefficient (Wildman–Crippen LogP) is 1.80. The molecule has 1 saturated heterocycles. The van der Waals surface area contributed by atoms with Gasteiger partial charge in [-0.2, -0.15) is 16.9 Å². The predicted molar refractivity (Wildman–Crippen MR) is 65.0 cm³/mol. The van der Waals surface area contributed by atoms with E-state index in [-0.39, 0.29) is 0 Å². The molecule has 1 aromatic rings. The van der Waals surface area contributed by atoms with Crippen molar-refractivity contribution in [2.45, 2.75) is 31.1 Å². The monoisotopic (exact) mass is 225 g/mol. The van der Waals surface area contributed by atoms with E-state index in [4.69, 9.17) is 0 Å². The molecular weight excluding hydrogens is 206 g/mol. The van der Waals surface area contributed by atoms with Gasteiger partial charge < -0.3 is 5.32 Å². The molecule has 1 fully saturated rings. The number of rotatable bonds is 4. The molecule has 1 unspecified atom stereocenters. The van der Waals surface area contributed by atoms with Gasteiger partial charge in [0.15, 0.2) is 0 Å². The maximum atomic E-state index is 4.34. The maximum absolute atomic E-state index is 4.34. The van der Waals surface area contributed by atoms with Gasteiger partial charge in [0.05, 0.1) is 5.69 Å². The molecule has 4 heteroatoms. The molecule has 1 atom stereocenters. The molecule has 0 amide bonds. The quantitative estimate of drug-likeness (QED) is 0.847. The first kappa shape index (κ1) is 11.0. The molecule has 0 spiro atoms. The van der Waals surface area contributed by atoms with Crippen LogP contribution in [0.1, 0.15) is 25.5 Å². The van der Waals surface area contributed by atoms with Crippen LogP contribution in [0.2, 0.25) is 0 Å². The molecule has 3 nitrogen and oxygen atoms in total. The Morgan fingerprint density at radius 1 is 1.67 bits per heavy atom. The first-order valence-corrected chi connectivity index (χ1v) is 6.50. The van der Waals surface area contributed by atoms with Crippen LogP contribution in [0, 0.1) is 0 Å². The number of nitrogens with zero attached hydrogens (tertiary/aromatic N) is 2. The fourth-order valence-electron chi connectivity index (χ4n) is 1.99. The molecule has 1 aromatic heterocycles. The molecule has 1 aliphatic rings. The molecule has 2 rings (SSSR count). The zero-order valence-corrected chi connectivity index (χ0v) is 10.3. The normalized spacial score (nSPS) is 26.0. The van der Waals surface area contributed by atoms with Crippen molar-refractivity contribution in [1.29, 1.82) is 0 Å². The van der Waals surface area contributed by atoms with Crippen LogP contribution >= 0.6 is 11.8 Å². The molecule has 1 N–H and O–H groups in total. The zero-order valence-electron chi connectivity index (χ0n) is 9.49. The highest BCUT2D eigenvalue weighted by Crippen LogP contribution is 2.36. The van der Waals surface area contributed by atoms with Crippen molar-refractivity contribution >= 4 is 11.8 Å². The minimum absolute atomic E-state index is 0.453. The summed E-state index contributed by atoms with van der Waals surface area (Å²) in [5.74, 6) is 1.32. The van der Waals surface area contributed by atoms with Gasteiger partial charge in [-0.15, -0.1) is 0 Å². The second kappa shape index (κ2) is 4.58. The molecule has 0 radical (unpaired) electrons. The first-order valence-electron chi connectivity index (χ1n) is 5.51. The van der Waals surface area contributed by atoms with Crippen LogP contribution in [0.15, 0.2) is 12.3 Å². The van der Waals surface area contributed by atoms with Crippen molar-refractivity contribution in [3.63, 3.8) is 0 Å². The lowest BCUT2D eigenvalue weighted by Crippen LogP contribution is -2.32. The Kier molecular flexibility index (Phi) is 3.36. The van der Waals surface area contributed by atoms with E-state index in [1.807, 2.05) is 17.9 Å². The van der Waals surface area contributed by atoms with Gasteiger partial charge in [0.25, 0.3) is 0 Å². The number of hydrogen-bond donors (Lipinski definition) is 1. The molecule has 0 aromatic carbocycles. The van der Waals surface area contributed by atoms with E-state index in [1.165, 1.54) is 18.6 Å². The van der Waals surface area contributed by atoms with Gasteiger partial charge in [-0.3, -0.25) is 4.68 Å². The van der Waals surface area contributed by atoms with E-state index in [0.717, 1.165) is 18.8 Å². The Morgan fingerprint density at radius 2 is 2.53 bits per heavy atom. The Bertz CT molecular complexity index is 315. The van der Waals surface area contributed by atoms with E-state index in [9.17, 15) is 0 Å². The van der Waals surface area contributed by atoms with Crippen LogP contribution < -0.4 is 5.32 Å². The highest BCUT2D eigenvalue weighted by molar-refractivity contribution is 8.00. The third-order valence-corrected chi connectivity index (χ3v) is 4.41. The summed E-state index contributed by atoms with van der Waals surface area (Å²) in [5.41, 5.74) is 1.13. The molecule has 15 heavy (non-hydrogen) atoms. The fourth-order valence-corrected chi connectivity index (χ4v) is 3.26. The van der Waals surface area contributed by atoms with E-state index in [1.54, 1.807) is 0 Å². The minimum atomic E-state index is 0.453. The molecular formula is C11H19N3S. The van der Waals surface area contributed by atoms with Crippen molar-refractivity contribution in [1.82, 2.24) is 15.1 Å². The van der Waals surface area contributed by atoms with Crippen LogP contribution in [-0.2, 0) is 13.6 Å². The Labute approximate surface area is 95.6 Å². The van der Waals surface area contributed by atoms with Gasteiger partial charge in [0, 0.05) is 31.1 Å². The van der Waals surface area contributed by atoms with Crippen LogP contribution in [0.4, 0.5) is 0 Å². The lowest BCUT2D eigenvalue weighted by molar-refractivity contribution is 0.531. The SMILES string of the molecule is Cn1ccc(CNCC2(C)CCCS2)n1. The van der Waals surface area contributed by atoms with Crippen molar-refractivity contribution in [2.24, 2.45) is 7.05 Å². The number of nitrogens with one attached hydrogen (secondary N) is 1. The second-order valence-electron chi connectivity index (χ2n) is 4.49. The summed E-state index contributed by atoms with van der Waals surface area (Å²) in [6.07, 6.45) is 4.70. The van der Waals surface area contributed by atoms with Crippen molar-refractivity contribution in [3.05, 3.63) is 18.0 Å². The van der Waals surface area contributed by atoms with Crippen LogP contribution in [0.5, 0.6) is 0 Å². The third kappa shape index (κ3) is 2.98. The highest BCUT2D eigenvalue weighted by Gasteiger charge is 2.28. The number of thioether (sulfide) groups is 1. The topological polar surface area (TPSA) is 29.9 Å². The number of aromatic nitrogens is 2. The first-order chi connectivity index (χ1) is 7.18. The van der Waals surface area contributed by atoms with E-state index < -0.39 is 0 Å². The highest BCUT2D eigenvalue weighted by atomic mass is 32.2. The van der Waals surface area contributed by atoms with Gasteiger partial charge in [-0.1, -0.05) is 0 Å². The smallest absolute Gasteiger partial charge is 0.0762 e. The van der Waals surface area contributed by atoms with E-state index >= 15 is 0 Å². The summed E-state index contributed by atoms with van der Waals surface area (Å²) in [6, 6.07) is 2.07. The number of aryl methyl sites for hydroxylation is 1. The lowest BCUT2D eigenvalue weighted by Gasteiger charge is -2.22. The summed E-state index contributed by atoms with van der Waals surface area (Å²) in [4.78, 5) is 0. The Morgan fingerprint density at radius 3 is 3.13 bits per heavy atom. The largest absolute Gasteiger partial charge is 0.310 e. The second-order valence-corrected chi connectivity index (χ2v) is 6.17. The van der Waals surface area contributed by atoms with Gasteiger partial charge >= 0.3 is 0 Å². The van der Waals surface area contributed by atoms with Gasteiger partial charge in [0.1, 0.15) is 0 Å². The van der Waals surface area contributed by atoms with Crippen molar-refractivity contribution in [3.8, 4) is 0 Å². The molecule has 0 saturated carbocycles. The molecule has 0 bridgehead atoms. The van der Waals surface area contributed by atoms with E-state index in [0.29, 0.717) is 4.75 Å². The standard InChI is InChI=1S/C11H19N3S/c1-11(5-3-7-15-11)9-12-8-10-4-6-14(2)13-10/h4,6,12H,3,5,7-9H2,1-2H3. The van der Waals surface area contributed by atoms with Crippen LogP contribution in [0.3, 0.4) is 0 Å². The number of hydrogen-bond acceptors (Lipinski definition) is 3. The lowest BCUT2D eigenvalue weighted by atomic mass is 10.1. The summed E-state index contributed by atoms with van der Waals surface area (Å²) in [6.45, 7) is 4.33. The average molecular weight is 225 g/mol. The van der Waals surface area contributed by atoms with Crippen molar-refractivity contribution < 1.29 is 0 Å². The maximum Gasteiger partial charge on any atom is 0.0762 e. The Hall–Kier alpha value is -0.480. The summed E-state index contributed by atoms with van der Waals surface area (Å²) >= 11 is 2.10. The summed E-state index contributed by atoms with van der Waals surface area (Å²) in [7, 11) is 1.96. The van der Waals surface area contributed by atoms with E-state index in [2.05, 4.69) is 35.2 Å². The molecule has 2 heterocycles. The minimum Gasteiger partial charge on any atom is -0.310 e. The van der Waals surface area contributed by atoms with Crippen LogP contribution in [-0.4, -0.2) is 26.8 Å². The average Bonchev–Trinajstić information content (AvgIpc) is 2.76. The van der Waals surface area contributed by atoms with Gasteiger partial charge in [-0.05, 0) is 31.6 Å². The third-order valence-electron chi connectivity index (χ3n) is 2.87. The molecule has 0 aliphatic carbocycles. The Balaban J connectivity index is 1.75. The van der Waals surface area contributed by atoms with Gasteiger partial charge in [-0.25, -0.2) is 0 Å².